The number of hydrogen-bond acceptors (Lipinski definition) is 3. The van der Waals surface area contributed by atoms with Gasteiger partial charge in [-0.2, -0.15) is 0 Å². The minimum Gasteiger partial charge on any atom is -0.372 e. The summed E-state index contributed by atoms with van der Waals surface area (Å²) in [7, 11) is 0. The quantitative estimate of drug-likeness (QED) is 0.428. The van der Waals surface area contributed by atoms with E-state index in [2.05, 4.69) is 44.1 Å². The molecule has 0 aromatic heterocycles. The first-order chi connectivity index (χ1) is 15.5. The summed E-state index contributed by atoms with van der Waals surface area (Å²) in [5.74, 6) is -0.334. The molecule has 1 heterocycles. The lowest BCUT2D eigenvalue weighted by Gasteiger charge is -2.22. The first kappa shape index (κ1) is 30.9. The van der Waals surface area contributed by atoms with E-state index in [1.807, 2.05) is 38.1 Å². The molecule has 4 N–H and O–H groups in total. The predicted octanol–water partition coefficient (Wildman–Crippen LogP) is 6.35. The van der Waals surface area contributed by atoms with Crippen molar-refractivity contribution in [2.45, 2.75) is 53.4 Å². The third kappa shape index (κ3) is 11.5. The maximum Gasteiger partial charge on any atom is 0.211 e. The van der Waals surface area contributed by atoms with Crippen molar-refractivity contribution >= 4 is 41.7 Å². The number of carbonyl (C=O) groups is 2. The monoisotopic (exact) mass is 499 g/mol. The Morgan fingerprint density at radius 3 is 2.12 bits per heavy atom. The summed E-state index contributed by atoms with van der Waals surface area (Å²) in [6, 6.07) is 10.5. The number of rotatable bonds is 4. The SMILES string of the molecule is CC.CC(C)(C)C.NC=O.O=CNc1cc(Cl)c(F)cc1C1CNCC1c1cccc(Cl)c1. The van der Waals surface area contributed by atoms with Crippen LogP contribution < -0.4 is 16.4 Å². The van der Waals surface area contributed by atoms with Gasteiger partial charge in [0.25, 0.3) is 0 Å². The number of carbonyl (C=O) groups excluding carboxylic acids is 2. The Morgan fingerprint density at radius 2 is 1.61 bits per heavy atom. The second-order valence-electron chi connectivity index (χ2n) is 8.68. The van der Waals surface area contributed by atoms with Crippen LogP contribution in [0, 0.1) is 11.2 Å². The van der Waals surface area contributed by atoms with Gasteiger partial charge in [-0.15, -0.1) is 0 Å². The second kappa shape index (κ2) is 15.6. The molecule has 2 amide bonds. The van der Waals surface area contributed by atoms with E-state index >= 15 is 0 Å². The molecular formula is C25H36Cl2FN3O2. The van der Waals surface area contributed by atoms with Crippen molar-refractivity contribution in [3.63, 3.8) is 0 Å². The van der Waals surface area contributed by atoms with Crippen molar-refractivity contribution in [1.82, 2.24) is 5.32 Å². The van der Waals surface area contributed by atoms with E-state index in [1.165, 1.54) is 12.1 Å². The summed E-state index contributed by atoms with van der Waals surface area (Å²) in [5, 5.41) is 6.60. The fraction of sp³-hybridized carbons (Fsp3) is 0.440. The van der Waals surface area contributed by atoms with Gasteiger partial charge in [-0.25, -0.2) is 4.39 Å². The van der Waals surface area contributed by atoms with E-state index in [0.717, 1.165) is 17.7 Å². The van der Waals surface area contributed by atoms with Gasteiger partial charge in [0.15, 0.2) is 0 Å². The van der Waals surface area contributed by atoms with Crippen LogP contribution in [0.3, 0.4) is 0 Å². The molecule has 3 rings (SSSR count). The van der Waals surface area contributed by atoms with Gasteiger partial charge in [0, 0.05) is 35.6 Å². The fourth-order valence-electron chi connectivity index (χ4n) is 3.15. The molecule has 5 nitrogen and oxygen atoms in total. The van der Waals surface area contributed by atoms with Crippen LogP contribution in [0.1, 0.15) is 64.5 Å². The zero-order valence-electron chi connectivity index (χ0n) is 20.2. The lowest BCUT2D eigenvalue weighted by molar-refractivity contribution is -0.107. The van der Waals surface area contributed by atoms with Crippen molar-refractivity contribution < 1.29 is 14.0 Å². The molecule has 2 unspecified atom stereocenters. The van der Waals surface area contributed by atoms with E-state index in [0.29, 0.717) is 29.1 Å². The summed E-state index contributed by atoms with van der Waals surface area (Å²) >= 11 is 11.9. The van der Waals surface area contributed by atoms with Crippen molar-refractivity contribution in [2.75, 3.05) is 18.4 Å². The Balaban J connectivity index is 0.000000877. The largest absolute Gasteiger partial charge is 0.372 e. The van der Waals surface area contributed by atoms with E-state index in [-0.39, 0.29) is 23.3 Å². The highest BCUT2D eigenvalue weighted by atomic mass is 35.5. The number of hydrogen-bond donors (Lipinski definition) is 3. The number of primary amides is 1. The van der Waals surface area contributed by atoms with Gasteiger partial charge in [0.05, 0.1) is 5.02 Å². The number of nitrogens with two attached hydrogens (primary N) is 1. The normalized spacial score (nSPS) is 16.6. The average Bonchev–Trinajstić information content (AvgIpc) is 3.21. The Labute approximate surface area is 207 Å². The van der Waals surface area contributed by atoms with Crippen LogP contribution in [0.5, 0.6) is 0 Å². The molecule has 2 atom stereocenters. The third-order valence-electron chi connectivity index (χ3n) is 4.20. The molecule has 1 saturated heterocycles. The van der Waals surface area contributed by atoms with Crippen LogP contribution in [-0.2, 0) is 9.59 Å². The van der Waals surface area contributed by atoms with Crippen LogP contribution >= 0.6 is 23.2 Å². The second-order valence-corrected chi connectivity index (χ2v) is 9.52. The van der Waals surface area contributed by atoms with Crippen LogP contribution in [0.4, 0.5) is 10.1 Å². The fourth-order valence-corrected chi connectivity index (χ4v) is 3.51. The molecule has 0 saturated carbocycles. The maximum atomic E-state index is 14.0. The Hall–Kier alpha value is -2.15. The zero-order valence-corrected chi connectivity index (χ0v) is 21.7. The molecule has 1 aliphatic heterocycles. The molecule has 0 radical (unpaired) electrons. The van der Waals surface area contributed by atoms with Gasteiger partial charge in [-0.05, 0) is 40.8 Å². The van der Waals surface area contributed by atoms with E-state index < -0.39 is 5.82 Å². The lowest BCUT2D eigenvalue weighted by atomic mass is 9.83. The molecule has 2 aromatic rings. The summed E-state index contributed by atoms with van der Waals surface area (Å²) in [6.07, 6.45) is 0.823. The number of nitrogens with one attached hydrogen (secondary N) is 2. The number of benzene rings is 2. The van der Waals surface area contributed by atoms with Gasteiger partial charge in [0.2, 0.25) is 12.8 Å². The molecule has 1 aliphatic rings. The van der Waals surface area contributed by atoms with Crippen LogP contribution in [0.2, 0.25) is 10.0 Å². The van der Waals surface area contributed by atoms with Crippen LogP contribution in [0.15, 0.2) is 36.4 Å². The topological polar surface area (TPSA) is 84.2 Å². The van der Waals surface area contributed by atoms with Gasteiger partial charge in [-0.1, -0.05) is 76.9 Å². The number of halogens is 3. The molecule has 184 valence electrons. The molecule has 0 spiro atoms. The summed E-state index contributed by atoms with van der Waals surface area (Å²) in [4.78, 5) is 19.4. The Kier molecular flexibility index (Phi) is 14.6. The van der Waals surface area contributed by atoms with Gasteiger partial charge < -0.3 is 16.4 Å². The molecule has 8 heteroatoms. The van der Waals surface area contributed by atoms with Crippen molar-refractivity contribution in [2.24, 2.45) is 11.1 Å². The minimum atomic E-state index is -0.491. The van der Waals surface area contributed by atoms with Crippen molar-refractivity contribution in [3.8, 4) is 0 Å². The predicted molar refractivity (Wildman–Crippen MR) is 138 cm³/mol. The lowest BCUT2D eigenvalue weighted by Crippen LogP contribution is -2.12. The first-order valence-electron chi connectivity index (χ1n) is 10.8. The standard InChI is InChI=1S/C17H15Cl2FN2O.C5H12.C2H6.CH3NO/c18-11-3-1-2-10(4-11)13-7-21-8-14(13)12-5-16(20)15(19)6-17(12)22-9-23;1-5(2,3)4;1-2;2-1-3/h1-6,9,13-14,21H,7-8H2,(H,22,23);1-4H3;1-2H3;1H,(H2,2,3). The molecule has 2 aromatic carbocycles. The molecule has 0 aliphatic carbocycles. The van der Waals surface area contributed by atoms with E-state index in [9.17, 15) is 9.18 Å². The van der Waals surface area contributed by atoms with E-state index in [1.54, 1.807) is 0 Å². The van der Waals surface area contributed by atoms with E-state index in [4.69, 9.17) is 28.0 Å². The first-order valence-corrected chi connectivity index (χ1v) is 11.6. The maximum absolute atomic E-state index is 14.0. The number of anilines is 1. The van der Waals surface area contributed by atoms with Crippen molar-refractivity contribution in [3.05, 3.63) is 63.4 Å². The summed E-state index contributed by atoms with van der Waals surface area (Å²) in [5.41, 5.74) is 7.01. The highest BCUT2D eigenvalue weighted by Gasteiger charge is 2.32. The average molecular weight is 500 g/mol. The highest BCUT2D eigenvalue weighted by molar-refractivity contribution is 6.31. The molecule has 1 fully saturated rings. The van der Waals surface area contributed by atoms with Gasteiger partial charge in [-0.3, -0.25) is 9.59 Å². The Bertz CT molecular complexity index is 867. The zero-order chi connectivity index (χ0) is 25.6. The van der Waals surface area contributed by atoms with Gasteiger partial charge in [0.1, 0.15) is 5.82 Å². The third-order valence-corrected chi connectivity index (χ3v) is 4.72. The number of amides is 2. The molecular weight excluding hydrogens is 464 g/mol. The smallest absolute Gasteiger partial charge is 0.211 e. The van der Waals surface area contributed by atoms with Crippen molar-refractivity contribution in [1.29, 1.82) is 0 Å². The Morgan fingerprint density at radius 1 is 1.06 bits per heavy atom. The summed E-state index contributed by atoms with van der Waals surface area (Å²) < 4.78 is 14.0. The minimum absolute atomic E-state index is 0.0108. The van der Waals surface area contributed by atoms with Gasteiger partial charge >= 0.3 is 0 Å². The summed E-state index contributed by atoms with van der Waals surface area (Å²) in [6.45, 7) is 14.2. The van der Waals surface area contributed by atoms with Crippen LogP contribution in [0.25, 0.3) is 0 Å². The molecule has 33 heavy (non-hydrogen) atoms. The molecule has 0 bridgehead atoms. The highest BCUT2D eigenvalue weighted by Crippen LogP contribution is 2.41. The van der Waals surface area contributed by atoms with Crippen LogP contribution in [-0.4, -0.2) is 25.9 Å².